The molecule has 0 unspecified atom stereocenters. The highest BCUT2D eigenvalue weighted by Gasteiger charge is 2.38. The van der Waals surface area contributed by atoms with E-state index >= 15 is 0 Å². The Morgan fingerprint density at radius 2 is 1.73 bits per heavy atom. The first-order valence-electron chi connectivity index (χ1n) is 11.8. The van der Waals surface area contributed by atoms with Gasteiger partial charge in [-0.1, -0.05) is 37.1 Å². The van der Waals surface area contributed by atoms with Crippen molar-refractivity contribution >= 4 is 40.6 Å². The molecule has 0 saturated heterocycles. The Bertz CT molecular complexity index is 1290. The summed E-state index contributed by atoms with van der Waals surface area (Å²) in [6.07, 6.45) is 3.79. The van der Waals surface area contributed by atoms with Crippen molar-refractivity contribution in [1.29, 1.82) is 0 Å². The Balaban J connectivity index is 1.88. The molecule has 1 saturated carbocycles. The van der Waals surface area contributed by atoms with E-state index in [9.17, 15) is 14.4 Å². The molecule has 1 heterocycles. The fourth-order valence-corrected chi connectivity index (χ4v) is 5.23. The largest absolute Gasteiger partial charge is 0.497 e. The van der Waals surface area contributed by atoms with Crippen LogP contribution in [0.25, 0.3) is 0 Å². The number of rotatable bonds is 9. The molecule has 1 aromatic heterocycles. The Hall–Kier alpha value is -4.12. The van der Waals surface area contributed by atoms with Crippen molar-refractivity contribution in [3.05, 3.63) is 64.7 Å². The Labute approximate surface area is 218 Å². The summed E-state index contributed by atoms with van der Waals surface area (Å²) in [4.78, 5) is 41.2. The Kier molecular flexibility index (Phi) is 7.92. The molecule has 0 bridgehead atoms. The summed E-state index contributed by atoms with van der Waals surface area (Å²) in [5.74, 6) is -0.834. The fraction of sp³-hybridized carbons (Fsp3) is 0.308. The number of amides is 3. The summed E-state index contributed by atoms with van der Waals surface area (Å²) in [5, 5.41) is 3.12. The number of methoxy groups -OCH3 is 2. The van der Waals surface area contributed by atoms with Crippen molar-refractivity contribution in [3.8, 4) is 11.5 Å². The number of nitrogens with zero attached hydrogens (tertiary/aromatic N) is 2. The molecule has 194 valence electrons. The van der Waals surface area contributed by atoms with E-state index < -0.39 is 17.9 Å². The smallest absolute Gasteiger partial charge is 0.273 e. The number of carbonyl (C=O) groups is 3. The van der Waals surface area contributed by atoms with Crippen molar-refractivity contribution in [2.75, 3.05) is 24.9 Å². The minimum Gasteiger partial charge on any atom is -0.497 e. The number of hydrogen-bond donors (Lipinski definition) is 3. The van der Waals surface area contributed by atoms with Crippen LogP contribution in [0.1, 0.15) is 57.4 Å². The molecule has 37 heavy (non-hydrogen) atoms. The highest BCUT2D eigenvalue weighted by atomic mass is 32.1. The van der Waals surface area contributed by atoms with Crippen LogP contribution in [-0.4, -0.2) is 42.4 Å². The maximum Gasteiger partial charge on any atom is 0.273 e. The number of primary amides is 1. The topological polar surface area (TPSA) is 150 Å². The van der Waals surface area contributed by atoms with E-state index in [4.69, 9.17) is 20.9 Å². The van der Waals surface area contributed by atoms with Crippen molar-refractivity contribution in [1.82, 2.24) is 9.69 Å². The molecule has 1 aliphatic rings. The van der Waals surface area contributed by atoms with Gasteiger partial charge in [0.2, 0.25) is 5.91 Å². The molecule has 0 aliphatic heterocycles. The quantitative estimate of drug-likeness (QED) is 0.389. The number of nitrogens with two attached hydrogens (primary N) is 2. The highest BCUT2D eigenvalue weighted by Crippen LogP contribution is 2.38. The summed E-state index contributed by atoms with van der Waals surface area (Å²) in [6.45, 7) is 0. The van der Waals surface area contributed by atoms with E-state index in [-0.39, 0.29) is 28.2 Å². The van der Waals surface area contributed by atoms with E-state index in [2.05, 4.69) is 9.69 Å². The van der Waals surface area contributed by atoms with E-state index in [1.165, 1.54) is 12.0 Å². The normalized spacial score (nSPS) is 14.1. The second-order valence-corrected chi connectivity index (χ2v) is 9.42. The minimum absolute atomic E-state index is 0.00751. The molecule has 10 nitrogen and oxygen atoms in total. The molecule has 3 aromatic rings. The van der Waals surface area contributed by atoms with Gasteiger partial charge in [0.1, 0.15) is 22.4 Å². The van der Waals surface area contributed by atoms with Crippen molar-refractivity contribution in [2.24, 2.45) is 5.73 Å². The number of ether oxygens (including phenoxy) is 2. The van der Waals surface area contributed by atoms with Gasteiger partial charge in [-0.3, -0.25) is 19.3 Å². The van der Waals surface area contributed by atoms with Gasteiger partial charge in [-0.15, -0.1) is 0 Å². The van der Waals surface area contributed by atoms with Crippen molar-refractivity contribution < 1.29 is 23.9 Å². The van der Waals surface area contributed by atoms with E-state index in [1.807, 2.05) is 0 Å². The van der Waals surface area contributed by atoms with Gasteiger partial charge in [-0.05, 0) is 54.2 Å². The van der Waals surface area contributed by atoms with Gasteiger partial charge in [0.15, 0.2) is 5.69 Å². The maximum absolute atomic E-state index is 14.2. The predicted octanol–water partition coefficient (Wildman–Crippen LogP) is 3.29. The molecule has 2 aromatic carbocycles. The number of nitrogen functional groups attached to an aromatic ring is 1. The molecule has 5 N–H and O–H groups in total. The average Bonchev–Trinajstić information content (AvgIpc) is 3.56. The van der Waals surface area contributed by atoms with Crippen LogP contribution in [-0.2, 0) is 4.79 Å². The van der Waals surface area contributed by atoms with Gasteiger partial charge in [0.05, 0.1) is 25.6 Å². The van der Waals surface area contributed by atoms with Crippen LogP contribution in [0.15, 0.2) is 48.5 Å². The molecule has 3 amide bonds. The molecule has 11 heteroatoms. The van der Waals surface area contributed by atoms with Crippen LogP contribution in [0.4, 0.5) is 11.4 Å². The van der Waals surface area contributed by atoms with Gasteiger partial charge >= 0.3 is 0 Å². The molecule has 1 fully saturated rings. The number of carbonyl (C=O) groups excluding carboxylic acids is 3. The monoisotopic (exact) mass is 523 g/mol. The fourth-order valence-electron chi connectivity index (χ4n) is 4.49. The number of hydrogen-bond acceptors (Lipinski definition) is 8. The Morgan fingerprint density at radius 3 is 2.32 bits per heavy atom. The molecule has 0 radical (unpaired) electrons. The Morgan fingerprint density at radius 1 is 1.05 bits per heavy atom. The number of anilines is 2. The predicted molar refractivity (Wildman–Crippen MR) is 141 cm³/mol. The van der Waals surface area contributed by atoms with Crippen molar-refractivity contribution in [2.45, 2.75) is 37.8 Å². The van der Waals surface area contributed by atoms with E-state index in [0.29, 0.717) is 22.7 Å². The number of aromatic nitrogens is 1. The molecule has 1 aliphatic carbocycles. The first kappa shape index (κ1) is 26.0. The van der Waals surface area contributed by atoms with Gasteiger partial charge in [-0.25, -0.2) is 0 Å². The van der Waals surface area contributed by atoms with Crippen LogP contribution >= 0.6 is 11.5 Å². The van der Waals surface area contributed by atoms with Gasteiger partial charge in [0.25, 0.3) is 11.8 Å². The summed E-state index contributed by atoms with van der Waals surface area (Å²) < 4.78 is 14.8. The summed E-state index contributed by atoms with van der Waals surface area (Å²) in [6, 6.07) is 12.7. The lowest BCUT2D eigenvalue weighted by Gasteiger charge is -2.33. The van der Waals surface area contributed by atoms with Crippen LogP contribution in [0.3, 0.4) is 0 Å². The van der Waals surface area contributed by atoms with E-state index in [0.717, 1.165) is 37.2 Å². The molecule has 4 rings (SSSR count). The minimum atomic E-state index is -1.09. The molecule has 1 atom stereocenters. The van der Waals surface area contributed by atoms with Crippen molar-refractivity contribution in [3.63, 3.8) is 0 Å². The first-order chi connectivity index (χ1) is 17.8. The standard InChI is InChI=1S/C26H29N5O5S/c1-35-17-13-11-15(12-14-17)22(25(33)29-16-7-3-4-8-16)31(18-9-5-6-10-19(18)36-2)26(34)23-20(27)21(24(28)32)30-37-23/h5-6,9-14,16,22H,3-4,7-8,27H2,1-2H3,(H2,28,32)(H,29,33)/t22-/m1/s1. The van der Waals surface area contributed by atoms with Crippen LogP contribution in [0.2, 0.25) is 0 Å². The highest BCUT2D eigenvalue weighted by molar-refractivity contribution is 7.09. The van der Waals surface area contributed by atoms with Crippen LogP contribution in [0.5, 0.6) is 11.5 Å². The van der Waals surface area contributed by atoms with Gasteiger partial charge in [-0.2, -0.15) is 4.37 Å². The zero-order valence-electron chi connectivity index (χ0n) is 20.6. The third-order valence-electron chi connectivity index (χ3n) is 6.36. The van der Waals surface area contributed by atoms with Gasteiger partial charge in [0, 0.05) is 6.04 Å². The third kappa shape index (κ3) is 5.36. The average molecular weight is 524 g/mol. The lowest BCUT2D eigenvalue weighted by Crippen LogP contribution is -2.46. The summed E-state index contributed by atoms with van der Waals surface area (Å²) >= 11 is 0.753. The van der Waals surface area contributed by atoms with Gasteiger partial charge < -0.3 is 26.3 Å². The number of para-hydroxylation sites is 2. The zero-order chi connectivity index (χ0) is 26.5. The third-order valence-corrected chi connectivity index (χ3v) is 7.21. The zero-order valence-corrected chi connectivity index (χ0v) is 21.4. The lowest BCUT2D eigenvalue weighted by molar-refractivity contribution is -0.123. The first-order valence-corrected chi connectivity index (χ1v) is 12.6. The summed E-state index contributed by atoms with van der Waals surface area (Å²) in [7, 11) is 3.03. The van der Waals surface area contributed by atoms with Crippen LogP contribution < -0.4 is 31.2 Å². The summed E-state index contributed by atoms with van der Waals surface area (Å²) in [5.41, 5.74) is 12.1. The lowest BCUT2D eigenvalue weighted by atomic mass is 10.0. The second kappa shape index (κ2) is 11.3. The van der Waals surface area contributed by atoms with E-state index in [1.54, 1.807) is 55.6 Å². The van der Waals surface area contributed by atoms with Crippen LogP contribution in [0, 0.1) is 0 Å². The SMILES string of the molecule is COc1ccc([C@H](C(=O)NC2CCCC2)N(C(=O)c2snc(C(N)=O)c2N)c2ccccc2OC)cc1. The molecule has 0 spiro atoms. The second-order valence-electron chi connectivity index (χ2n) is 8.65. The number of benzene rings is 2. The number of nitrogens with one attached hydrogen (secondary N) is 1. The molecular weight excluding hydrogens is 494 g/mol. The molecular formula is C26H29N5O5S. The maximum atomic E-state index is 14.2.